The Hall–Kier alpha value is -3.50. The first-order valence-corrected chi connectivity index (χ1v) is 11.1. The highest BCUT2D eigenvalue weighted by Crippen LogP contribution is 2.69. The maximum atomic E-state index is 13.5. The van der Waals surface area contributed by atoms with E-state index in [1.165, 1.54) is 23.0 Å². The van der Waals surface area contributed by atoms with Crippen molar-refractivity contribution in [3.63, 3.8) is 0 Å². The number of carbonyl (C=O) groups excluding carboxylic acids is 1. The number of nitrogens with zero attached hydrogens (tertiary/aromatic N) is 6. The largest absolute Gasteiger partial charge is 0.477 e. The first-order valence-electron chi connectivity index (χ1n) is 11.1. The molecule has 0 aromatic carbocycles. The molecule has 1 spiro atoms. The van der Waals surface area contributed by atoms with Crippen molar-refractivity contribution in [2.24, 2.45) is 11.8 Å². The Labute approximate surface area is 192 Å². The lowest BCUT2D eigenvalue weighted by Gasteiger charge is -2.39. The molecule has 3 aliphatic rings. The van der Waals surface area contributed by atoms with Crippen molar-refractivity contribution in [2.45, 2.75) is 43.9 Å². The van der Waals surface area contributed by atoms with Crippen molar-refractivity contribution in [3.8, 4) is 11.7 Å². The summed E-state index contributed by atoms with van der Waals surface area (Å²) in [5.41, 5.74) is 0.0994. The second-order valence-corrected chi connectivity index (χ2v) is 9.16. The first kappa shape index (κ1) is 21.1. The second-order valence-electron chi connectivity index (χ2n) is 9.16. The lowest BCUT2D eigenvalue weighted by Crippen LogP contribution is -2.44. The van der Waals surface area contributed by atoms with E-state index in [9.17, 15) is 18.0 Å². The number of alkyl halides is 3. The summed E-state index contributed by atoms with van der Waals surface area (Å²) in [5.74, 6) is 0.785. The molecule has 3 aromatic rings. The molecule has 1 amide bonds. The standard InChI is InChI=1S/C23H21F3N6O2/c1-13-5-6-15(20(28-13)31-10-9-27-30-31)21(33)32-18-11-14(16-7-8-22(16,18)32)12-34-19-4-2-3-17(29-19)23(24,25)26/h2-6,9-10,14,16,18H,7-8,11-12H2,1H3. The molecule has 0 bridgehead atoms. The number of likely N-dealkylation sites (tertiary alicyclic amines) is 1. The quantitative estimate of drug-likeness (QED) is 0.531. The summed E-state index contributed by atoms with van der Waals surface area (Å²) in [6.07, 6.45) is 1.32. The number of ether oxygens (including phenoxy) is 1. The molecular formula is C23H21F3N6O2. The smallest absolute Gasteiger partial charge is 0.433 e. The van der Waals surface area contributed by atoms with E-state index in [0.29, 0.717) is 11.4 Å². The molecule has 2 aliphatic carbocycles. The zero-order valence-electron chi connectivity index (χ0n) is 18.2. The Morgan fingerprint density at radius 1 is 1.24 bits per heavy atom. The van der Waals surface area contributed by atoms with Crippen molar-refractivity contribution in [1.82, 2.24) is 29.9 Å². The van der Waals surface area contributed by atoms with E-state index in [1.807, 2.05) is 17.9 Å². The van der Waals surface area contributed by atoms with Crippen LogP contribution in [0, 0.1) is 18.8 Å². The lowest BCUT2D eigenvalue weighted by molar-refractivity contribution is -0.141. The molecule has 1 saturated heterocycles. The summed E-state index contributed by atoms with van der Waals surface area (Å²) in [7, 11) is 0. The second kappa shape index (κ2) is 7.25. The molecule has 2 saturated carbocycles. The third kappa shape index (κ3) is 3.09. The molecule has 3 aromatic heterocycles. The Morgan fingerprint density at radius 3 is 2.76 bits per heavy atom. The van der Waals surface area contributed by atoms with Crippen LogP contribution >= 0.6 is 0 Å². The Balaban J connectivity index is 1.17. The van der Waals surface area contributed by atoms with Crippen molar-refractivity contribution in [1.29, 1.82) is 0 Å². The van der Waals surface area contributed by atoms with Gasteiger partial charge in [-0.3, -0.25) is 4.79 Å². The molecule has 0 radical (unpaired) electrons. The average Bonchev–Trinajstić information content (AvgIpc) is 3.08. The molecule has 34 heavy (non-hydrogen) atoms. The van der Waals surface area contributed by atoms with Crippen molar-refractivity contribution in [3.05, 3.63) is 59.7 Å². The van der Waals surface area contributed by atoms with E-state index >= 15 is 0 Å². The van der Waals surface area contributed by atoms with Gasteiger partial charge < -0.3 is 9.64 Å². The summed E-state index contributed by atoms with van der Waals surface area (Å²) < 4.78 is 45.9. The van der Waals surface area contributed by atoms with Gasteiger partial charge in [-0.15, -0.1) is 5.10 Å². The SMILES string of the molecule is Cc1ccc(C(=O)N2C3CC(COc4cccc(C(F)(F)F)n4)C4CCC432)c(-n2ccnn2)n1. The van der Waals surface area contributed by atoms with E-state index in [-0.39, 0.29) is 41.8 Å². The number of halogens is 3. The van der Waals surface area contributed by atoms with Crippen LogP contribution in [0.15, 0.2) is 42.7 Å². The zero-order valence-corrected chi connectivity index (χ0v) is 18.2. The minimum absolute atomic E-state index is 0.0279. The highest BCUT2D eigenvalue weighted by atomic mass is 19.4. The fourth-order valence-electron chi connectivity index (χ4n) is 5.83. The van der Waals surface area contributed by atoms with Crippen molar-refractivity contribution >= 4 is 5.91 Å². The van der Waals surface area contributed by atoms with Crippen LogP contribution in [0.25, 0.3) is 5.82 Å². The summed E-state index contributed by atoms with van der Waals surface area (Å²) in [6, 6.07) is 7.35. The number of hydrogen-bond acceptors (Lipinski definition) is 6. The average molecular weight is 470 g/mol. The molecule has 1 aliphatic heterocycles. The van der Waals surface area contributed by atoms with Gasteiger partial charge in [0.25, 0.3) is 5.91 Å². The van der Waals surface area contributed by atoms with Crippen LogP contribution in [0.5, 0.6) is 5.88 Å². The zero-order chi connectivity index (χ0) is 23.7. The number of pyridine rings is 2. The Morgan fingerprint density at radius 2 is 2.09 bits per heavy atom. The van der Waals surface area contributed by atoms with Gasteiger partial charge in [0.05, 0.1) is 36.1 Å². The Kier molecular flexibility index (Phi) is 4.49. The number of aromatic nitrogens is 5. The highest BCUT2D eigenvalue weighted by molar-refractivity contribution is 6.00. The molecule has 176 valence electrons. The van der Waals surface area contributed by atoms with Crippen LogP contribution in [-0.4, -0.2) is 54.0 Å². The van der Waals surface area contributed by atoms with Crippen LogP contribution < -0.4 is 4.74 Å². The van der Waals surface area contributed by atoms with E-state index in [2.05, 4.69) is 20.3 Å². The molecule has 6 rings (SSSR count). The van der Waals surface area contributed by atoms with Crippen LogP contribution in [0.2, 0.25) is 0 Å². The normalized spacial score (nSPS) is 27.1. The molecule has 0 N–H and O–H groups in total. The first-order chi connectivity index (χ1) is 16.3. The van der Waals surface area contributed by atoms with E-state index in [1.54, 1.807) is 12.3 Å². The number of amides is 1. The monoisotopic (exact) mass is 470 g/mol. The number of aryl methyl sites for hydroxylation is 1. The maximum absolute atomic E-state index is 13.5. The van der Waals surface area contributed by atoms with Gasteiger partial charge in [0.1, 0.15) is 5.69 Å². The molecular weight excluding hydrogens is 449 g/mol. The van der Waals surface area contributed by atoms with Crippen molar-refractivity contribution < 1.29 is 22.7 Å². The molecule has 8 nitrogen and oxygen atoms in total. The van der Waals surface area contributed by atoms with Gasteiger partial charge in [-0.05, 0) is 50.3 Å². The summed E-state index contributed by atoms with van der Waals surface area (Å²) in [5, 5.41) is 7.82. The number of piperidine rings is 1. The van der Waals surface area contributed by atoms with Gasteiger partial charge >= 0.3 is 6.18 Å². The van der Waals surface area contributed by atoms with Gasteiger partial charge in [-0.2, -0.15) is 13.2 Å². The number of hydrogen-bond donors (Lipinski definition) is 0. The van der Waals surface area contributed by atoms with Gasteiger partial charge in [0, 0.05) is 17.7 Å². The van der Waals surface area contributed by atoms with Crippen LogP contribution in [-0.2, 0) is 6.18 Å². The van der Waals surface area contributed by atoms with E-state index < -0.39 is 11.9 Å². The molecule has 4 heterocycles. The fourth-order valence-corrected chi connectivity index (χ4v) is 5.83. The topological polar surface area (TPSA) is 85.8 Å². The molecule has 3 fully saturated rings. The minimum Gasteiger partial charge on any atom is -0.477 e. The third-order valence-corrected chi connectivity index (χ3v) is 7.42. The number of rotatable bonds is 5. The fraction of sp³-hybridized carbons (Fsp3) is 0.435. The maximum Gasteiger partial charge on any atom is 0.433 e. The predicted octanol–water partition coefficient (Wildman–Crippen LogP) is 3.46. The minimum atomic E-state index is -4.51. The molecule has 11 heteroatoms. The van der Waals surface area contributed by atoms with E-state index in [0.717, 1.165) is 31.0 Å². The summed E-state index contributed by atoms with van der Waals surface area (Å²) >= 11 is 0. The molecule has 4 atom stereocenters. The Bertz CT molecular complexity index is 1260. The van der Waals surface area contributed by atoms with E-state index in [4.69, 9.17) is 4.74 Å². The summed E-state index contributed by atoms with van der Waals surface area (Å²) in [6.45, 7) is 2.14. The predicted molar refractivity (Wildman–Crippen MR) is 112 cm³/mol. The summed E-state index contributed by atoms with van der Waals surface area (Å²) in [4.78, 5) is 23.6. The highest BCUT2D eigenvalue weighted by Gasteiger charge is 2.78. The van der Waals surface area contributed by atoms with Gasteiger partial charge in [0.15, 0.2) is 5.82 Å². The third-order valence-electron chi connectivity index (χ3n) is 7.42. The van der Waals surface area contributed by atoms with Gasteiger partial charge in [0.2, 0.25) is 5.88 Å². The van der Waals surface area contributed by atoms with Crippen LogP contribution in [0.3, 0.4) is 0 Å². The van der Waals surface area contributed by atoms with Crippen LogP contribution in [0.1, 0.15) is 41.0 Å². The lowest BCUT2D eigenvalue weighted by atomic mass is 9.70. The van der Waals surface area contributed by atoms with Gasteiger partial charge in [-0.25, -0.2) is 14.6 Å². The van der Waals surface area contributed by atoms with Crippen molar-refractivity contribution in [2.75, 3.05) is 6.61 Å². The number of carbonyl (C=O) groups is 1. The van der Waals surface area contributed by atoms with Gasteiger partial charge in [-0.1, -0.05) is 11.3 Å². The molecule has 4 unspecified atom stereocenters. The van der Waals surface area contributed by atoms with Crippen LogP contribution in [0.4, 0.5) is 13.2 Å².